The summed E-state index contributed by atoms with van der Waals surface area (Å²) in [5, 5.41) is 7.77. The number of rotatable bonds is 8. The number of aromatic nitrogens is 2. The summed E-state index contributed by atoms with van der Waals surface area (Å²) in [5.41, 5.74) is 2.81. The molecule has 0 aliphatic carbocycles. The van der Waals surface area contributed by atoms with Crippen LogP contribution in [0.4, 0.5) is 0 Å². The number of furan rings is 1. The van der Waals surface area contributed by atoms with E-state index in [-0.39, 0.29) is 11.9 Å². The molecule has 7 heteroatoms. The van der Waals surface area contributed by atoms with Crippen LogP contribution in [0.5, 0.6) is 5.75 Å². The van der Waals surface area contributed by atoms with E-state index in [0.717, 1.165) is 22.8 Å². The maximum Gasteiger partial charge on any atom is 0.255 e. The smallest absolute Gasteiger partial charge is 0.255 e. The number of carbonyl (C=O) groups is 1. The van der Waals surface area contributed by atoms with Crippen molar-refractivity contribution in [2.75, 3.05) is 27.7 Å². The number of carbonyl (C=O) groups excluding carboxylic acids is 1. The van der Waals surface area contributed by atoms with Crippen molar-refractivity contribution in [3.8, 4) is 22.7 Å². The number of methoxy groups -OCH3 is 1. The molecule has 4 aromatic rings. The minimum Gasteiger partial charge on any atom is -0.497 e. The molecule has 0 spiro atoms. The van der Waals surface area contributed by atoms with Crippen LogP contribution in [0.25, 0.3) is 16.9 Å². The number of hydrogen-bond donors (Lipinski definition) is 1. The van der Waals surface area contributed by atoms with E-state index >= 15 is 0 Å². The second kappa shape index (κ2) is 9.53. The third-order valence-corrected chi connectivity index (χ3v) is 5.29. The Bertz CT molecular complexity index is 1150. The molecule has 0 aliphatic heterocycles. The maximum atomic E-state index is 13.3. The van der Waals surface area contributed by atoms with Crippen molar-refractivity contribution in [3.63, 3.8) is 0 Å². The van der Waals surface area contributed by atoms with Crippen LogP contribution in [0.2, 0.25) is 0 Å². The van der Waals surface area contributed by atoms with Gasteiger partial charge in [0.15, 0.2) is 0 Å². The molecular weight excluding hydrogens is 404 g/mol. The van der Waals surface area contributed by atoms with Crippen molar-refractivity contribution in [2.24, 2.45) is 0 Å². The van der Waals surface area contributed by atoms with Gasteiger partial charge in [0.2, 0.25) is 0 Å². The van der Waals surface area contributed by atoms with Crippen LogP contribution in [0.15, 0.2) is 83.6 Å². The average Bonchev–Trinajstić information content (AvgIpc) is 3.50. The third kappa shape index (κ3) is 4.58. The van der Waals surface area contributed by atoms with Gasteiger partial charge in [-0.3, -0.25) is 9.69 Å². The van der Waals surface area contributed by atoms with Crippen molar-refractivity contribution in [2.45, 2.75) is 6.04 Å². The molecule has 0 radical (unpaired) electrons. The predicted octanol–water partition coefficient (Wildman–Crippen LogP) is 4.17. The van der Waals surface area contributed by atoms with Crippen LogP contribution >= 0.6 is 0 Å². The minimum atomic E-state index is -0.198. The van der Waals surface area contributed by atoms with Gasteiger partial charge in [0.1, 0.15) is 17.2 Å². The van der Waals surface area contributed by atoms with E-state index in [1.165, 1.54) is 0 Å². The number of para-hydroxylation sites is 1. The highest BCUT2D eigenvalue weighted by Gasteiger charge is 2.22. The topological polar surface area (TPSA) is 72.5 Å². The molecule has 1 atom stereocenters. The molecule has 0 saturated carbocycles. The highest BCUT2D eigenvalue weighted by Crippen LogP contribution is 2.26. The summed E-state index contributed by atoms with van der Waals surface area (Å²) in [6, 6.07) is 20.9. The summed E-state index contributed by atoms with van der Waals surface area (Å²) in [6.07, 6.45) is 3.40. The van der Waals surface area contributed by atoms with Gasteiger partial charge in [-0.25, -0.2) is 4.68 Å². The van der Waals surface area contributed by atoms with Crippen molar-refractivity contribution < 1.29 is 13.9 Å². The van der Waals surface area contributed by atoms with Crippen LogP contribution in [0.1, 0.15) is 22.2 Å². The lowest BCUT2D eigenvalue weighted by atomic mass is 10.1. The molecule has 2 heterocycles. The second-order valence-electron chi connectivity index (χ2n) is 7.60. The van der Waals surface area contributed by atoms with Crippen molar-refractivity contribution >= 4 is 5.91 Å². The molecular formula is C25H26N4O3. The zero-order valence-corrected chi connectivity index (χ0v) is 18.4. The molecule has 1 amide bonds. The number of nitrogens with one attached hydrogen (secondary N) is 1. The van der Waals surface area contributed by atoms with Gasteiger partial charge in [-0.2, -0.15) is 5.10 Å². The molecule has 164 valence electrons. The van der Waals surface area contributed by atoms with E-state index in [0.29, 0.717) is 17.8 Å². The zero-order chi connectivity index (χ0) is 22.5. The SMILES string of the molecule is COc1ccc(-c2nn(-c3ccccc3)cc2C(=O)NC[C@@H](c2ccco2)N(C)C)cc1. The van der Waals surface area contributed by atoms with E-state index in [4.69, 9.17) is 14.3 Å². The van der Waals surface area contributed by atoms with Crippen molar-refractivity contribution in [3.05, 3.63) is 90.5 Å². The fraction of sp³-hybridized carbons (Fsp3) is 0.200. The van der Waals surface area contributed by atoms with E-state index in [2.05, 4.69) is 5.32 Å². The molecule has 4 rings (SSSR count). The van der Waals surface area contributed by atoms with E-state index in [9.17, 15) is 4.79 Å². The van der Waals surface area contributed by atoms with Gasteiger partial charge in [-0.1, -0.05) is 18.2 Å². The Morgan fingerprint density at radius 3 is 2.47 bits per heavy atom. The number of nitrogens with zero attached hydrogens (tertiary/aromatic N) is 3. The second-order valence-corrected chi connectivity index (χ2v) is 7.60. The standard InChI is InChI=1S/C25H26N4O3/c1-28(2)22(23-10-7-15-32-23)16-26-25(30)21-17-29(19-8-5-4-6-9-19)27-24(21)18-11-13-20(31-3)14-12-18/h4-15,17,22H,16H2,1-3H3,(H,26,30)/t22-/m0/s1. The highest BCUT2D eigenvalue weighted by molar-refractivity contribution is 6.00. The molecule has 2 aromatic heterocycles. The summed E-state index contributed by atoms with van der Waals surface area (Å²) >= 11 is 0. The van der Waals surface area contributed by atoms with E-state index in [1.54, 1.807) is 24.3 Å². The summed E-state index contributed by atoms with van der Waals surface area (Å²) in [4.78, 5) is 15.3. The Morgan fingerprint density at radius 1 is 1.09 bits per heavy atom. The molecule has 2 aromatic carbocycles. The Balaban J connectivity index is 1.64. The number of hydrogen-bond acceptors (Lipinski definition) is 5. The van der Waals surface area contributed by atoms with Gasteiger partial charge in [0, 0.05) is 18.3 Å². The number of benzene rings is 2. The fourth-order valence-corrected chi connectivity index (χ4v) is 3.52. The molecule has 0 aliphatic rings. The van der Waals surface area contributed by atoms with E-state index < -0.39 is 0 Å². The largest absolute Gasteiger partial charge is 0.497 e. The monoisotopic (exact) mass is 430 g/mol. The first kappa shape index (κ1) is 21.4. The lowest BCUT2D eigenvalue weighted by Gasteiger charge is -2.22. The summed E-state index contributed by atoms with van der Waals surface area (Å²) in [6.45, 7) is 0.401. The van der Waals surface area contributed by atoms with Gasteiger partial charge in [0.25, 0.3) is 5.91 Å². The van der Waals surface area contributed by atoms with Gasteiger partial charge >= 0.3 is 0 Å². The van der Waals surface area contributed by atoms with Gasteiger partial charge < -0.3 is 14.5 Å². The lowest BCUT2D eigenvalue weighted by Crippen LogP contribution is -2.34. The Hall–Kier alpha value is -3.84. The molecule has 0 saturated heterocycles. The normalized spacial score (nSPS) is 12.0. The molecule has 32 heavy (non-hydrogen) atoms. The Labute approximate surface area is 187 Å². The molecule has 0 unspecified atom stereocenters. The lowest BCUT2D eigenvalue weighted by molar-refractivity contribution is 0.0939. The van der Waals surface area contributed by atoms with Crippen LogP contribution < -0.4 is 10.1 Å². The molecule has 0 bridgehead atoms. The third-order valence-electron chi connectivity index (χ3n) is 5.29. The van der Waals surface area contributed by atoms with Gasteiger partial charge in [-0.15, -0.1) is 0 Å². The first-order valence-corrected chi connectivity index (χ1v) is 10.3. The predicted molar refractivity (Wildman–Crippen MR) is 123 cm³/mol. The number of amides is 1. The van der Waals surface area contributed by atoms with Crippen molar-refractivity contribution in [1.82, 2.24) is 20.0 Å². The maximum absolute atomic E-state index is 13.3. The van der Waals surface area contributed by atoms with Crippen LogP contribution in [-0.2, 0) is 0 Å². The summed E-state index contributed by atoms with van der Waals surface area (Å²) in [7, 11) is 5.53. The average molecular weight is 431 g/mol. The highest BCUT2D eigenvalue weighted by atomic mass is 16.5. The Morgan fingerprint density at radius 2 is 1.84 bits per heavy atom. The van der Waals surface area contributed by atoms with Crippen LogP contribution in [0.3, 0.4) is 0 Å². The number of ether oxygens (including phenoxy) is 1. The molecule has 0 fully saturated rings. The molecule has 1 N–H and O–H groups in total. The van der Waals surface area contributed by atoms with Crippen LogP contribution in [0, 0.1) is 0 Å². The minimum absolute atomic E-state index is 0.0810. The zero-order valence-electron chi connectivity index (χ0n) is 18.4. The Kier molecular flexibility index (Phi) is 6.37. The fourth-order valence-electron chi connectivity index (χ4n) is 3.52. The number of likely N-dealkylation sites (N-methyl/N-ethyl adjacent to an activating group) is 1. The van der Waals surface area contributed by atoms with Gasteiger partial charge in [-0.05, 0) is 62.6 Å². The summed E-state index contributed by atoms with van der Waals surface area (Å²) < 4.78 is 12.5. The van der Waals surface area contributed by atoms with Crippen molar-refractivity contribution in [1.29, 1.82) is 0 Å². The first-order valence-electron chi connectivity index (χ1n) is 10.3. The molecule has 7 nitrogen and oxygen atoms in total. The van der Waals surface area contributed by atoms with Crippen LogP contribution in [-0.4, -0.2) is 48.3 Å². The first-order chi connectivity index (χ1) is 15.6. The van der Waals surface area contributed by atoms with Gasteiger partial charge in [0.05, 0.1) is 30.7 Å². The quantitative estimate of drug-likeness (QED) is 0.454. The van der Waals surface area contributed by atoms with E-state index in [1.807, 2.05) is 85.7 Å². The summed E-state index contributed by atoms with van der Waals surface area (Å²) in [5.74, 6) is 1.34.